The molecular weight excluding hydrogens is 156 g/mol. The van der Waals surface area contributed by atoms with E-state index in [1.807, 2.05) is 17.8 Å². The van der Waals surface area contributed by atoms with E-state index in [0.717, 1.165) is 11.1 Å². The zero-order valence-electron chi connectivity index (χ0n) is 7.22. The molecule has 0 radical (unpaired) electrons. The number of aromatic nitrogens is 2. The van der Waals surface area contributed by atoms with Gasteiger partial charge >= 0.3 is 0 Å². The van der Waals surface area contributed by atoms with Crippen molar-refractivity contribution >= 4 is 12.2 Å². The Morgan fingerprint density at radius 2 is 2.27 bits per heavy atom. The van der Waals surface area contributed by atoms with Crippen molar-refractivity contribution in [1.82, 2.24) is 9.78 Å². The molecular formula is C8H14N2S. The summed E-state index contributed by atoms with van der Waals surface area (Å²) in [7, 11) is 1.94. The smallest absolute Gasteiger partial charge is 0.121 e. The molecule has 1 N–H and O–H groups in total. The van der Waals surface area contributed by atoms with Crippen LogP contribution >= 0.6 is 12.2 Å². The molecule has 1 rings (SSSR count). The fourth-order valence-corrected chi connectivity index (χ4v) is 1.28. The van der Waals surface area contributed by atoms with Crippen LogP contribution in [0.1, 0.15) is 19.5 Å². The monoisotopic (exact) mass is 170 g/mol. The van der Waals surface area contributed by atoms with Crippen LogP contribution in [0.2, 0.25) is 0 Å². The quantitative estimate of drug-likeness (QED) is 0.675. The Morgan fingerprint density at radius 3 is 2.64 bits per heavy atom. The third-order valence-electron chi connectivity index (χ3n) is 1.57. The molecule has 0 fully saturated rings. The third kappa shape index (κ3) is 2.19. The molecule has 3 heteroatoms. The molecule has 0 unspecified atom stereocenters. The highest BCUT2D eigenvalue weighted by atomic mass is 32.1. The van der Waals surface area contributed by atoms with E-state index in [0.29, 0.717) is 5.92 Å². The van der Waals surface area contributed by atoms with Crippen molar-refractivity contribution < 1.29 is 0 Å². The van der Waals surface area contributed by atoms with Crippen molar-refractivity contribution in [3.8, 4) is 0 Å². The molecule has 0 aliphatic rings. The molecule has 2 nitrogen and oxygen atoms in total. The summed E-state index contributed by atoms with van der Waals surface area (Å²) in [6.45, 7) is 4.40. The molecule has 0 spiro atoms. The molecule has 0 bridgehead atoms. The Hall–Kier alpha value is -0.570. The van der Waals surface area contributed by atoms with Crippen LogP contribution in [-0.2, 0) is 13.5 Å². The standard InChI is InChI=1S/C8H14N2S/c1-6(2)4-7-5-8(11)10(3)9-7/h5-6,9H,4H2,1-3H3. The second-order valence-electron chi connectivity index (χ2n) is 3.28. The number of nitrogens with one attached hydrogen (secondary N) is 1. The van der Waals surface area contributed by atoms with Gasteiger partial charge in [-0.1, -0.05) is 26.1 Å². The minimum atomic E-state index is 0.683. The van der Waals surface area contributed by atoms with Crippen LogP contribution in [0, 0.1) is 10.6 Å². The lowest BCUT2D eigenvalue weighted by molar-refractivity contribution is 0.620. The summed E-state index contributed by atoms with van der Waals surface area (Å²) in [6, 6.07) is 2.02. The van der Waals surface area contributed by atoms with E-state index in [1.165, 1.54) is 5.69 Å². The minimum absolute atomic E-state index is 0.683. The van der Waals surface area contributed by atoms with Crippen LogP contribution < -0.4 is 0 Å². The first-order chi connectivity index (χ1) is 5.09. The molecule has 1 heterocycles. The first kappa shape index (κ1) is 8.53. The lowest BCUT2D eigenvalue weighted by atomic mass is 10.1. The lowest BCUT2D eigenvalue weighted by Gasteiger charge is -1.99. The van der Waals surface area contributed by atoms with Gasteiger partial charge < -0.3 is 5.10 Å². The van der Waals surface area contributed by atoms with Crippen LogP contribution in [0.5, 0.6) is 0 Å². The topological polar surface area (TPSA) is 20.7 Å². The maximum atomic E-state index is 5.06. The van der Waals surface area contributed by atoms with Gasteiger partial charge in [-0.3, -0.25) is 4.68 Å². The average molecular weight is 170 g/mol. The van der Waals surface area contributed by atoms with E-state index in [-0.39, 0.29) is 0 Å². The Morgan fingerprint density at radius 1 is 1.64 bits per heavy atom. The van der Waals surface area contributed by atoms with Gasteiger partial charge in [0, 0.05) is 12.7 Å². The van der Waals surface area contributed by atoms with Gasteiger partial charge in [0.15, 0.2) is 0 Å². The van der Waals surface area contributed by atoms with Crippen LogP contribution in [0.4, 0.5) is 0 Å². The van der Waals surface area contributed by atoms with E-state index in [1.54, 1.807) is 0 Å². The van der Waals surface area contributed by atoms with Crippen molar-refractivity contribution in [3.63, 3.8) is 0 Å². The maximum absolute atomic E-state index is 5.06. The highest BCUT2D eigenvalue weighted by molar-refractivity contribution is 7.71. The first-order valence-corrected chi connectivity index (χ1v) is 4.25. The second-order valence-corrected chi connectivity index (χ2v) is 3.69. The van der Waals surface area contributed by atoms with E-state index in [4.69, 9.17) is 12.2 Å². The summed E-state index contributed by atoms with van der Waals surface area (Å²) < 4.78 is 2.74. The summed E-state index contributed by atoms with van der Waals surface area (Å²) in [5.74, 6) is 0.683. The summed E-state index contributed by atoms with van der Waals surface area (Å²) in [5, 5.41) is 3.19. The van der Waals surface area contributed by atoms with Gasteiger partial charge in [0.1, 0.15) is 4.64 Å². The molecule has 1 aromatic heterocycles. The van der Waals surface area contributed by atoms with E-state index in [2.05, 4.69) is 18.9 Å². The average Bonchev–Trinajstić information content (AvgIpc) is 2.10. The zero-order chi connectivity index (χ0) is 8.43. The molecule has 0 saturated carbocycles. The van der Waals surface area contributed by atoms with Crippen molar-refractivity contribution in [2.45, 2.75) is 20.3 Å². The predicted octanol–water partition coefficient (Wildman–Crippen LogP) is 2.28. The van der Waals surface area contributed by atoms with Crippen LogP contribution in [0.25, 0.3) is 0 Å². The molecule has 0 atom stereocenters. The number of aromatic amines is 1. The predicted molar refractivity (Wildman–Crippen MR) is 49.1 cm³/mol. The Bertz CT molecular complexity index is 283. The largest absolute Gasteiger partial charge is 0.302 e. The van der Waals surface area contributed by atoms with Crippen molar-refractivity contribution in [3.05, 3.63) is 16.4 Å². The van der Waals surface area contributed by atoms with Gasteiger partial charge in [0.2, 0.25) is 0 Å². The fraction of sp³-hybridized carbons (Fsp3) is 0.625. The SMILES string of the molecule is CC(C)Cc1cc(=S)n(C)[nH]1. The highest BCUT2D eigenvalue weighted by Gasteiger charge is 1.99. The number of hydrogen-bond donors (Lipinski definition) is 1. The number of hydrogen-bond acceptors (Lipinski definition) is 1. The van der Waals surface area contributed by atoms with Gasteiger partial charge in [-0.25, -0.2) is 0 Å². The van der Waals surface area contributed by atoms with Gasteiger partial charge in [-0.15, -0.1) is 0 Å². The number of rotatable bonds is 2. The summed E-state index contributed by atoms with van der Waals surface area (Å²) in [4.78, 5) is 0. The van der Waals surface area contributed by atoms with Crippen molar-refractivity contribution in [1.29, 1.82) is 0 Å². The number of aryl methyl sites for hydroxylation is 1. The normalized spacial score (nSPS) is 10.9. The number of nitrogens with zero attached hydrogens (tertiary/aromatic N) is 1. The first-order valence-electron chi connectivity index (χ1n) is 3.84. The molecule has 0 aromatic carbocycles. The van der Waals surface area contributed by atoms with Gasteiger partial charge in [0.25, 0.3) is 0 Å². The lowest BCUT2D eigenvalue weighted by Crippen LogP contribution is -1.96. The number of H-pyrrole nitrogens is 1. The van der Waals surface area contributed by atoms with E-state index >= 15 is 0 Å². The molecule has 0 amide bonds. The highest BCUT2D eigenvalue weighted by Crippen LogP contribution is 2.05. The van der Waals surface area contributed by atoms with Gasteiger partial charge in [-0.05, 0) is 18.4 Å². The van der Waals surface area contributed by atoms with Crippen LogP contribution in [0.3, 0.4) is 0 Å². The summed E-state index contributed by atoms with van der Waals surface area (Å²) in [5.41, 5.74) is 1.23. The molecule has 1 aromatic rings. The summed E-state index contributed by atoms with van der Waals surface area (Å²) >= 11 is 5.06. The van der Waals surface area contributed by atoms with Gasteiger partial charge in [-0.2, -0.15) is 0 Å². The fourth-order valence-electron chi connectivity index (χ4n) is 1.09. The van der Waals surface area contributed by atoms with Crippen molar-refractivity contribution in [2.75, 3.05) is 0 Å². The second kappa shape index (κ2) is 3.22. The van der Waals surface area contributed by atoms with Crippen molar-refractivity contribution in [2.24, 2.45) is 13.0 Å². The molecule has 62 valence electrons. The minimum Gasteiger partial charge on any atom is -0.302 e. The summed E-state index contributed by atoms with van der Waals surface area (Å²) in [6.07, 6.45) is 1.07. The van der Waals surface area contributed by atoms with E-state index in [9.17, 15) is 0 Å². The maximum Gasteiger partial charge on any atom is 0.121 e. The van der Waals surface area contributed by atoms with Gasteiger partial charge in [0.05, 0.1) is 0 Å². The Balaban J connectivity index is 2.81. The molecule has 11 heavy (non-hydrogen) atoms. The van der Waals surface area contributed by atoms with Crippen LogP contribution in [0.15, 0.2) is 6.07 Å². The third-order valence-corrected chi connectivity index (χ3v) is 1.96. The zero-order valence-corrected chi connectivity index (χ0v) is 8.03. The van der Waals surface area contributed by atoms with Crippen LogP contribution in [-0.4, -0.2) is 9.78 Å². The molecule has 0 aliphatic heterocycles. The molecule has 0 aliphatic carbocycles. The Labute approximate surface area is 72.2 Å². The van der Waals surface area contributed by atoms with E-state index < -0.39 is 0 Å². The molecule has 0 saturated heterocycles. The Kier molecular flexibility index (Phi) is 2.49.